The third kappa shape index (κ3) is 4.34. The van der Waals surface area contributed by atoms with Crippen molar-refractivity contribution in [1.82, 2.24) is 0 Å². The van der Waals surface area contributed by atoms with E-state index in [9.17, 15) is 14.4 Å². The molecule has 0 aliphatic carbocycles. The summed E-state index contributed by atoms with van der Waals surface area (Å²) in [5.74, 6) is -1.09. The highest BCUT2D eigenvalue weighted by molar-refractivity contribution is 6.05. The molecule has 0 saturated heterocycles. The van der Waals surface area contributed by atoms with Crippen LogP contribution in [0.3, 0.4) is 0 Å². The summed E-state index contributed by atoms with van der Waals surface area (Å²) in [6.45, 7) is 5.50. The quantitative estimate of drug-likeness (QED) is 0.774. The second-order valence-electron chi connectivity index (χ2n) is 7.67. The van der Waals surface area contributed by atoms with Gasteiger partial charge in [-0.05, 0) is 29.8 Å². The molecular weight excluding hydrogens is 342 g/mol. The molecule has 27 heavy (non-hydrogen) atoms. The van der Waals surface area contributed by atoms with Crippen LogP contribution in [0.1, 0.15) is 38.7 Å². The Morgan fingerprint density at radius 3 is 2.37 bits per heavy atom. The Bertz CT molecular complexity index is 900. The van der Waals surface area contributed by atoms with E-state index < -0.39 is 11.3 Å². The monoisotopic (exact) mass is 365 g/mol. The van der Waals surface area contributed by atoms with Crippen LogP contribution in [0.5, 0.6) is 0 Å². The number of benzene rings is 2. The molecule has 1 unspecified atom stereocenters. The first kappa shape index (κ1) is 18.6. The fourth-order valence-electron chi connectivity index (χ4n) is 2.87. The Labute approximate surface area is 158 Å². The van der Waals surface area contributed by atoms with Crippen molar-refractivity contribution in [3.05, 3.63) is 54.1 Å². The minimum atomic E-state index is -0.553. The van der Waals surface area contributed by atoms with Crippen LogP contribution >= 0.6 is 0 Å². The van der Waals surface area contributed by atoms with Gasteiger partial charge in [0.1, 0.15) is 0 Å². The van der Waals surface area contributed by atoms with Gasteiger partial charge in [-0.15, -0.1) is 0 Å². The molecule has 0 bridgehead atoms. The molecule has 0 aromatic heterocycles. The summed E-state index contributed by atoms with van der Waals surface area (Å²) >= 11 is 0. The number of anilines is 3. The topological polar surface area (TPSA) is 87.3 Å². The molecule has 0 spiro atoms. The number of carbonyl (C=O) groups is 3. The lowest BCUT2D eigenvalue weighted by atomic mass is 9.90. The maximum absolute atomic E-state index is 12.8. The van der Waals surface area contributed by atoms with E-state index in [1.165, 1.54) is 0 Å². The predicted octanol–water partition coefficient (Wildman–Crippen LogP) is 3.74. The average Bonchev–Trinajstić information content (AvgIpc) is 2.60. The molecule has 0 radical (unpaired) electrons. The number of fused-ring (bicyclic) bond motifs is 1. The van der Waals surface area contributed by atoms with Crippen LogP contribution in [0.25, 0.3) is 0 Å². The van der Waals surface area contributed by atoms with E-state index >= 15 is 0 Å². The number of nitrogens with one attached hydrogen (secondary N) is 3. The van der Waals surface area contributed by atoms with Crippen molar-refractivity contribution in [2.24, 2.45) is 5.41 Å². The Morgan fingerprint density at radius 2 is 1.67 bits per heavy atom. The second-order valence-corrected chi connectivity index (χ2v) is 7.67. The third-order valence-corrected chi connectivity index (χ3v) is 4.39. The van der Waals surface area contributed by atoms with Crippen LogP contribution in [-0.2, 0) is 14.4 Å². The SMILES string of the molecule is CC(C)(C)C(=O)Nc1cccc(NC(=O)C2CC(=O)Nc3ccccc32)c1. The lowest BCUT2D eigenvalue weighted by Crippen LogP contribution is -2.30. The molecular formula is C21H23N3O3. The van der Waals surface area contributed by atoms with Crippen LogP contribution in [0.15, 0.2) is 48.5 Å². The first-order valence-electron chi connectivity index (χ1n) is 8.85. The number of hydrogen-bond donors (Lipinski definition) is 3. The Morgan fingerprint density at radius 1 is 1.00 bits per heavy atom. The standard InChI is InChI=1S/C21H23N3O3/c1-21(2,3)20(27)23-14-8-6-7-13(11-14)22-19(26)16-12-18(25)24-17-10-5-4-9-15(16)17/h4-11,16H,12H2,1-3H3,(H,22,26)(H,23,27)(H,24,25). The maximum Gasteiger partial charge on any atom is 0.232 e. The van der Waals surface area contributed by atoms with Crippen molar-refractivity contribution in [2.75, 3.05) is 16.0 Å². The van der Waals surface area contributed by atoms with Gasteiger partial charge in [0.15, 0.2) is 0 Å². The van der Waals surface area contributed by atoms with Crippen LogP contribution in [0.2, 0.25) is 0 Å². The Hall–Kier alpha value is -3.15. The van der Waals surface area contributed by atoms with Gasteiger partial charge in [0, 0.05) is 28.9 Å². The summed E-state index contributed by atoms with van der Waals surface area (Å²) in [6.07, 6.45) is 0.100. The van der Waals surface area contributed by atoms with Crippen LogP contribution in [0.4, 0.5) is 17.1 Å². The largest absolute Gasteiger partial charge is 0.326 e. The Kier molecular flexibility index (Phi) is 4.99. The molecule has 1 atom stereocenters. The third-order valence-electron chi connectivity index (χ3n) is 4.39. The fourth-order valence-corrected chi connectivity index (χ4v) is 2.87. The summed E-state index contributed by atoms with van der Waals surface area (Å²) in [7, 11) is 0. The first-order valence-corrected chi connectivity index (χ1v) is 8.85. The van der Waals surface area contributed by atoms with Crippen molar-refractivity contribution in [1.29, 1.82) is 0 Å². The molecule has 3 rings (SSSR count). The van der Waals surface area contributed by atoms with E-state index in [0.29, 0.717) is 17.1 Å². The molecule has 0 saturated carbocycles. The van der Waals surface area contributed by atoms with Crippen LogP contribution in [0, 0.1) is 5.41 Å². The van der Waals surface area contributed by atoms with E-state index in [1.807, 2.05) is 39.0 Å². The minimum absolute atomic E-state index is 0.100. The minimum Gasteiger partial charge on any atom is -0.326 e. The lowest BCUT2D eigenvalue weighted by molar-refractivity contribution is -0.123. The highest BCUT2D eigenvalue weighted by Crippen LogP contribution is 2.33. The molecule has 140 valence electrons. The van der Waals surface area contributed by atoms with Crippen molar-refractivity contribution in [3.63, 3.8) is 0 Å². The van der Waals surface area contributed by atoms with E-state index in [1.54, 1.807) is 30.3 Å². The molecule has 1 heterocycles. The summed E-state index contributed by atoms with van der Waals surface area (Å²) in [5, 5.41) is 8.49. The summed E-state index contributed by atoms with van der Waals surface area (Å²) < 4.78 is 0. The fraction of sp³-hybridized carbons (Fsp3) is 0.286. The molecule has 0 fully saturated rings. The lowest BCUT2D eigenvalue weighted by Gasteiger charge is -2.25. The van der Waals surface area contributed by atoms with Gasteiger partial charge in [-0.3, -0.25) is 14.4 Å². The number of para-hydroxylation sites is 1. The first-order chi connectivity index (χ1) is 12.7. The Balaban J connectivity index is 1.76. The number of hydrogen-bond acceptors (Lipinski definition) is 3. The zero-order valence-electron chi connectivity index (χ0n) is 15.6. The van der Waals surface area contributed by atoms with Gasteiger partial charge in [0.2, 0.25) is 17.7 Å². The van der Waals surface area contributed by atoms with Gasteiger partial charge in [0.25, 0.3) is 0 Å². The molecule has 1 aliphatic rings. The molecule has 2 aromatic rings. The highest BCUT2D eigenvalue weighted by Gasteiger charge is 2.30. The zero-order valence-corrected chi connectivity index (χ0v) is 15.6. The second kappa shape index (κ2) is 7.23. The molecule has 6 nitrogen and oxygen atoms in total. The van der Waals surface area contributed by atoms with Crippen molar-refractivity contribution >= 4 is 34.8 Å². The van der Waals surface area contributed by atoms with Gasteiger partial charge >= 0.3 is 0 Å². The van der Waals surface area contributed by atoms with Crippen LogP contribution in [-0.4, -0.2) is 17.7 Å². The van der Waals surface area contributed by atoms with E-state index in [-0.39, 0.29) is 24.1 Å². The van der Waals surface area contributed by atoms with Crippen molar-refractivity contribution in [2.45, 2.75) is 33.1 Å². The van der Waals surface area contributed by atoms with Gasteiger partial charge in [-0.2, -0.15) is 0 Å². The van der Waals surface area contributed by atoms with E-state index in [2.05, 4.69) is 16.0 Å². The smallest absolute Gasteiger partial charge is 0.232 e. The van der Waals surface area contributed by atoms with Gasteiger partial charge < -0.3 is 16.0 Å². The molecule has 6 heteroatoms. The number of rotatable bonds is 3. The van der Waals surface area contributed by atoms with Crippen molar-refractivity contribution in [3.8, 4) is 0 Å². The zero-order chi connectivity index (χ0) is 19.6. The van der Waals surface area contributed by atoms with Crippen molar-refractivity contribution < 1.29 is 14.4 Å². The molecule has 2 aromatic carbocycles. The van der Waals surface area contributed by atoms with Gasteiger partial charge in [-0.25, -0.2) is 0 Å². The average molecular weight is 365 g/mol. The number of carbonyl (C=O) groups excluding carboxylic acids is 3. The van der Waals surface area contributed by atoms with Crippen LogP contribution < -0.4 is 16.0 Å². The molecule has 1 aliphatic heterocycles. The summed E-state index contributed by atoms with van der Waals surface area (Å²) in [5.41, 5.74) is 2.12. The number of amides is 3. The van der Waals surface area contributed by atoms with E-state index in [4.69, 9.17) is 0 Å². The van der Waals surface area contributed by atoms with Gasteiger partial charge in [0.05, 0.1) is 5.92 Å². The summed E-state index contributed by atoms with van der Waals surface area (Å²) in [6, 6.07) is 14.3. The summed E-state index contributed by atoms with van der Waals surface area (Å²) in [4.78, 5) is 36.9. The normalized spacial score (nSPS) is 16.1. The molecule has 3 N–H and O–H groups in total. The van der Waals surface area contributed by atoms with E-state index in [0.717, 1.165) is 5.56 Å². The highest BCUT2D eigenvalue weighted by atomic mass is 16.2. The predicted molar refractivity (Wildman–Crippen MR) is 106 cm³/mol. The van der Waals surface area contributed by atoms with Gasteiger partial charge in [-0.1, -0.05) is 45.0 Å². The maximum atomic E-state index is 12.8. The molecule has 3 amide bonds.